The number of rotatable bonds is 6. The van der Waals surface area contributed by atoms with Gasteiger partial charge in [0.15, 0.2) is 0 Å². The molecule has 0 heterocycles. The van der Waals surface area contributed by atoms with Crippen molar-refractivity contribution in [1.29, 1.82) is 0 Å². The molecule has 3 N–H and O–H groups in total. The lowest BCUT2D eigenvalue weighted by Crippen LogP contribution is -2.39. The number of hydrogen-bond acceptors (Lipinski definition) is 4. The van der Waals surface area contributed by atoms with Crippen molar-refractivity contribution in [2.75, 3.05) is 25.6 Å². The van der Waals surface area contributed by atoms with Crippen molar-refractivity contribution in [2.24, 2.45) is 0 Å². The topological polar surface area (TPSA) is 70.6 Å². The van der Waals surface area contributed by atoms with Gasteiger partial charge in [-0.25, -0.2) is 0 Å². The zero-order valence-corrected chi connectivity index (χ0v) is 11.1. The van der Waals surface area contributed by atoms with Crippen LogP contribution in [0.15, 0.2) is 18.2 Å². The minimum Gasteiger partial charge on any atom is -0.495 e. The molecule has 0 saturated carbocycles. The number of aliphatic hydroxyl groups is 1. The van der Waals surface area contributed by atoms with Gasteiger partial charge in [-0.05, 0) is 25.1 Å². The van der Waals surface area contributed by atoms with Crippen LogP contribution in [0.2, 0.25) is 5.02 Å². The molecule has 1 rings (SSSR count). The molecule has 1 aromatic carbocycles. The van der Waals surface area contributed by atoms with Crippen LogP contribution in [0, 0.1) is 0 Å². The van der Waals surface area contributed by atoms with E-state index >= 15 is 0 Å². The van der Waals surface area contributed by atoms with Crippen LogP contribution < -0.4 is 15.4 Å². The molecule has 0 aliphatic heterocycles. The highest BCUT2D eigenvalue weighted by atomic mass is 35.5. The van der Waals surface area contributed by atoms with Crippen LogP contribution in [-0.2, 0) is 4.79 Å². The molecular weight excluding hydrogens is 256 g/mol. The van der Waals surface area contributed by atoms with E-state index in [4.69, 9.17) is 21.4 Å². The van der Waals surface area contributed by atoms with Crippen molar-refractivity contribution in [3.63, 3.8) is 0 Å². The molecule has 0 fully saturated rings. The summed E-state index contributed by atoms with van der Waals surface area (Å²) >= 11 is 5.86. The van der Waals surface area contributed by atoms with Gasteiger partial charge in [-0.2, -0.15) is 0 Å². The molecule has 18 heavy (non-hydrogen) atoms. The van der Waals surface area contributed by atoms with Crippen LogP contribution >= 0.6 is 11.6 Å². The van der Waals surface area contributed by atoms with Crippen molar-refractivity contribution in [2.45, 2.75) is 13.0 Å². The SMILES string of the molecule is COc1ccc(Cl)cc1NC(=O)C(C)NCCO. The number of methoxy groups -OCH3 is 1. The van der Waals surface area contributed by atoms with Gasteiger partial charge in [0.05, 0.1) is 25.4 Å². The van der Waals surface area contributed by atoms with Gasteiger partial charge in [0.25, 0.3) is 0 Å². The van der Waals surface area contributed by atoms with E-state index in [9.17, 15) is 4.79 Å². The summed E-state index contributed by atoms with van der Waals surface area (Å²) in [6.07, 6.45) is 0. The molecule has 0 saturated heterocycles. The Kier molecular flexibility index (Phi) is 5.91. The van der Waals surface area contributed by atoms with E-state index in [1.54, 1.807) is 25.1 Å². The molecule has 1 amide bonds. The minimum atomic E-state index is -0.416. The fraction of sp³-hybridized carbons (Fsp3) is 0.417. The Morgan fingerprint density at radius 3 is 2.89 bits per heavy atom. The van der Waals surface area contributed by atoms with Crippen molar-refractivity contribution >= 4 is 23.2 Å². The molecule has 0 aliphatic carbocycles. The Bertz CT molecular complexity index is 412. The third kappa shape index (κ3) is 4.18. The lowest BCUT2D eigenvalue weighted by atomic mass is 10.2. The van der Waals surface area contributed by atoms with Gasteiger partial charge in [0, 0.05) is 11.6 Å². The van der Waals surface area contributed by atoms with Gasteiger partial charge in [-0.1, -0.05) is 11.6 Å². The maximum atomic E-state index is 11.8. The highest BCUT2D eigenvalue weighted by molar-refractivity contribution is 6.31. The number of hydrogen-bond donors (Lipinski definition) is 3. The molecular formula is C12H17ClN2O3. The van der Waals surface area contributed by atoms with E-state index in [1.807, 2.05) is 0 Å². The maximum Gasteiger partial charge on any atom is 0.241 e. The molecule has 0 spiro atoms. The number of amides is 1. The number of ether oxygens (including phenoxy) is 1. The minimum absolute atomic E-state index is 0.0158. The lowest BCUT2D eigenvalue weighted by Gasteiger charge is -2.15. The molecule has 100 valence electrons. The van der Waals surface area contributed by atoms with Gasteiger partial charge in [-0.15, -0.1) is 0 Å². The number of benzene rings is 1. The van der Waals surface area contributed by atoms with Crippen LogP contribution in [0.1, 0.15) is 6.92 Å². The first kappa shape index (κ1) is 14.8. The Morgan fingerprint density at radius 1 is 1.56 bits per heavy atom. The van der Waals surface area contributed by atoms with Gasteiger partial charge < -0.3 is 20.5 Å². The summed E-state index contributed by atoms with van der Waals surface area (Å²) < 4.78 is 5.13. The van der Waals surface area contributed by atoms with Crippen LogP contribution in [0.3, 0.4) is 0 Å². The molecule has 0 aliphatic rings. The third-order valence-corrected chi connectivity index (χ3v) is 2.61. The number of nitrogens with one attached hydrogen (secondary N) is 2. The fourth-order valence-electron chi connectivity index (χ4n) is 1.39. The fourth-order valence-corrected chi connectivity index (χ4v) is 1.56. The van der Waals surface area contributed by atoms with Crippen LogP contribution in [0.25, 0.3) is 0 Å². The number of aliphatic hydroxyl groups excluding tert-OH is 1. The van der Waals surface area contributed by atoms with Gasteiger partial charge in [0.2, 0.25) is 5.91 Å². The van der Waals surface area contributed by atoms with Crippen LogP contribution in [-0.4, -0.2) is 37.3 Å². The summed E-state index contributed by atoms with van der Waals surface area (Å²) in [6, 6.07) is 4.57. The zero-order chi connectivity index (χ0) is 13.5. The number of anilines is 1. The van der Waals surface area contributed by atoms with Gasteiger partial charge in [0.1, 0.15) is 5.75 Å². The zero-order valence-electron chi connectivity index (χ0n) is 10.4. The summed E-state index contributed by atoms with van der Waals surface area (Å²) in [5.74, 6) is 0.325. The Morgan fingerprint density at radius 2 is 2.28 bits per heavy atom. The Hall–Kier alpha value is -1.30. The van der Waals surface area contributed by atoms with Crippen LogP contribution in [0.5, 0.6) is 5.75 Å². The van der Waals surface area contributed by atoms with Gasteiger partial charge >= 0.3 is 0 Å². The second-order valence-electron chi connectivity index (χ2n) is 3.73. The molecule has 1 unspecified atom stereocenters. The van der Waals surface area contributed by atoms with E-state index in [1.165, 1.54) is 7.11 Å². The van der Waals surface area contributed by atoms with Crippen molar-refractivity contribution in [3.05, 3.63) is 23.2 Å². The number of carbonyl (C=O) groups excluding carboxylic acids is 1. The summed E-state index contributed by atoms with van der Waals surface area (Å²) in [4.78, 5) is 11.8. The number of carbonyl (C=O) groups is 1. The van der Waals surface area contributed by atoms with E-state index in [2.05, 4.69) is 10.6 Å². The van der Waals surface area contributed by atoms with E-state index < -0.39 is 6.04 Å². The summed E-state index contributed by atoms with van der Waals surface area (Å²) in [5.41, 5.74) is 0.521. The third-order valence-electron chi connectivity index (χ3n) is 2.38. The average Bonchev–Trinajstić information content (AvgIpc) is 2.36. The second-order valence-corrected chi connectivity index (χ2v) is 4.17. The molecule has 6 heteroatoms. The summed E-state index contributed by atoms with van der Waals surface area (Å²) in [5, 5.41) is 14.8. The highest BCUT2D eigenvalue weighted by Gasteiger charge is 2.14. The summed E-state index contributed by atoms with van der Waals surface area (Å²) in [6.45, 7) is 2.06. The molecule has 0 aromatic heterocycles. The Balaban J connectivity index is 2.71. The largest absolute Gasteiger partial charge is 0.495 e. The standard InChI is InChI=1S/C12H17ClN2O3/c1-8(14-5-6-16)12(17)15-10-7-9(13)3-4-11(10)18-2/h3-4,7-8,14,16H,5-6H2,1-2H3,(H,15,17). The first-order valence-electron chi connectivity index (χ1n) is 5.57. The van der Waals surface area contributed by atoms with Crippen molar-refractivity contribution < 1.29 is 14.6 Å². The monoisotopic (exact) mass is 272 g/mol. The molecule has 5 nitrogen and oxygen atoms in total. The smallest absolute Gasteiger partial charge is 0.241 e. The van der Waals surface area contributed by atoms with E-state index in [-0.39, 0.29) is 12.5 Å². The number of halogens is 1. The predicted octanol–water partition coefficient (Wildman–Crippen LogP) is 1.26. The first-order valence-corrected chi connectivity index (χ1v) is 5.95. The predicted molar refractivity (Wildman–Crippen MR) is 71.2 cm³/mol. The van der Waals surface area contributed by atoms with Crippen molar-refractivity contribution in [1.82, 2.24) is 5.32 Å². The molecule has 0 bridgehead atoms. The maximum absolute atomic E-state index is 11.8. The normalized spacial score (nSPS) is 12.0. The molecule has 1 aromatic rings. The first-order chi connectivity index (χ1) is 8.58. The summed E-state index contributed by atoms with van der Waals surface area (Å²) in [7, 11) is 1.52. The average molecular weight is 273 g/mol. The second kappa shape index (κ2) is 7.20. The van der Waals surface area contributed by atoms with E-state index in [0.29, 0.717) is 23.0 Å². The van der Waals surface area contributed by atoms with E-state index in [0.717, 1.165) is 0 Å². The van der Waals surface area contributed by atoms with Crippen molar-refractivity contribution in [3.8, 4) is 5.75 Å². The van der Waals surface area contributed by atoms with Crippen LogP contribution in [0.4, 0.5) is 5.69 Å². The lowest BCUT2D eigenvalue weighted by molar-refractivity contribution is -0.117. The molecule has 0 radical (unpaired) electrons. The Labute approximate surface area is 111 Å². The quantitative estimate of drug-likeness (QED) is 0.729. The van der Waals surface area contributed by atoms with Gasteiger partial charge in [-0.3, -0.25) is 4.79 Å². The highest BCUT2D eigenvalue weighted by Crippen LogP contribution is 2.27. The molecule has 1 atom stereocenters.